The van der Waals surface area contributed by atoms with Crippen LogP contribution in [0.15, 0.2) is 51.9 Å². The maximum atomic E-state index is 12.9. The topological polar surface area (TPSA) is 66.0 Å². The molecule has 3 rings (SSSR count). The molecule has 2 aromatic carbocycles. The van der Waals surface area contributed by atoms with Gasteiger partial charge in [0.15, 0.2) is 0 Å². The van der Waals surface area contributed by atoms with Crippen LogP contribution in [0, 0.1) is 11.3 Å². The van der Waals surface area contributed by atoms with Crippen LogP contribution < -0.4 is 5.56 Å². The molecule has 0 saturated carbocycles. The van der Waals surface area contributed by atoms with Crippen LogP contribution in [0.5, 0.6) is 0 Å². The van der Waals surface area contributed by atoms with Crippen molar-refractivity contribution in [2.45, 2.75) is 20.0 Å². The number of rotatable bonds is 3. The second kappa shape index (κ2) is 6.60. The van der Waals surface area contributed by atoms with Gasteiger partial charge in [-0.2, -0.15) is 5.26 Å². The molecule has 0 saturated heterocycles. The molecule has 1 N–H and O–H groups in total. The quantitative estimate of drug-likeness (QED) is 0.751. The van der Waals surface area contributed by atoms with E-state index in [9.17, 15) is 15.2 Å². The highest BCUT2D eigenvalue weighted by Gasteiger charge is 2.14. The van der Waals surface area contributed by atoms with Gasteiger partial charge in [-0.25, -0.2) is 0 Å². The summed E-state index contributed by atoms with van der Waals surface area (Å²) in [6, 6.07) is 13.1. The fourth-order valence-corrected chi connectivity index (χ4v) is 3.26. The lowest BCUT2D eigenvalue weighted by molar-refractivity contribution is 0.282. The van der Waals surface area contributed by atoms with Gasteiger partial charge in [0.1, 0.15) is 0 Å². The van der Waals surface area contributed by atoms with Gasteiger partial charge in [0, 0.05) is 21.7 Å². The van der Waals surface area contributed by atoms with Crippen LogP contribution in [0.3, 0.4) is 0 Å². The van der Waals surface area contributed by atoms with Gasteiger partial charge < -0.3 is 5.11 Å². The summed E-state index contributed by atoms with van der Waals surface area (Å²) in [5.74, 6) is 0. The van der Waals surface area contributed by atoms with E-state index in [1.54, 1.807) is 18.3 Å². The Morgan fingerprint density at radius 1 is 1.21 bits per heavy atom. The fraction of sp³-hybridized carbons (Fsp3) is 0.158. The lowest BCUT2D eigenvalue weighted by atomic mass is 10.0. The molecule has 0 fully saturated rings. The summed E-state index contributed by atoms with van der Waals surface area (Å²) >= 11 is 3.48. The van der Waals surface area contributed by atoms with Crippen molar-refractivity contribution in [1.82, 2.24) is 4.57 Å². The molecule has 0 unspecified atom stereocenters. The van der Waals surface area contributed by atoms with E-state index in [0.717, 1.165) is 12.1 Å². The SMILES string of the molecule is CCc1ccc(-n2cc(Br)c3cc(CO)cc(C#N)c3c2=O)cc1. The highest BCUT2D eigenvalue weighted by Crippen LogP contribution is 2.26. The molecule has 0 aliphatic heterocycles. The molecule has 0 spiro atoms. The molecular weight excluding hydrogens is 368 g/mol. The summed E-state index contributed by atoms with van der Waals surface area (Å²) in [5, 5.41) is 19.7. The van der Waals surface area contributed by atoms with Crippen molar-refractivity contribution >= 4 is 26.7 Å². The van der Waals surface area contributed by atoms with Gasteiger partial charge in [0.2, 0.25) is 0 Å². The Hall–Kier alpha value is -2.42. The van der Waals surface area contributed by atoms with Crippen molar-refractivity contribution in [1.29, 1.82) is 5.26 Å². The monoisotopic (exact) mass is 382 g/mol. The number of hydrogen-bond acceptors (Lipinski definition) is 3. The molecule has 4 nitrogen and oxygen atoms in total. The molecule has 1 heterocycles. The number of pyridine rings is 1. The lowest BCUT2D eigenvalue weighted by Gasteiger charge is -2.12. The van der Waals surface area contributed by atoms with Gasteiger partial charge in [-0.3, -0.25) is 9.36 Å². The molecule has 0 amide bonds. The number of nitrogens with zero attached hydrogens (tertiary/aromatic N) is 2. The maximum absolute atomic E-state index is 12.9. The summed E-state index contributed by atoms with van der Waals surface area (Å²) < 4.78 is 2.23. The zero-order chi connectivity index (χ0) is 17.3. The summed E-state index contributed by atoms with van der Waals surface area (Å²) in [6.07, 6.45) is 2.63. The predicted octanol–water partition coefficient (Wildman–Crippen LogP) is 3.68. The van der Waals surface area contributed by atoms with Crippen molar-refractivity contribution in [2.75, 3.05) is 0 Å². The van der Waals surface area contributed by atoms with Crippen molar-refractivity contribution in [3.8, 4) is 11.8 Å². The van der Waals surface area contributed by atoms with Gasteiger partial charge in [0.25, 0.3) is 5.56 Å². The first-order valence-electron chi connectivity index (χ1n) is 7.57. The molecule has 0 bridgehead atoms. The Bertz CT molecular complexity index is 1010. The molecule has 3 aromatic rings. The first-order valence-corrected chi connectivity index (χ1v) is 8.36. The standard InChI is InChI=1S/C19H15BrN2O2/c1-2-12-3-5-15(6-4-12)22-10-17(20)16-8-13(11-23)7-14(9-21)18(16)19(22)24/h3-8,10,23H,2,11H2,1H3. The van der Waals surface area contributed by atoms with Gasteiger partial charge in [-0.15, -0.1) is 0 Å². The third-order valence-corrected chi connectivity index (χ3v) is 4.69. The van der Waals surface area contributed by atoms with E-state index in [2.05, 4.69) is 28.9 Å². The van der Waals surface area contributed by atoms with Crippen molar-refractivity contribution in [3.05, 3.63) is 74.1 Å². The minimum Gasteiger partial charge on any atom is -0.392 e. The summed E-state index contributed by atoms with van der Waals surface area (Å²) in [5.41, 5.74) is 2.55. The van der Waals surface area contributed by atoms with Crippen LogP contribution in [0.1, 0.15) is 23.6 Å². The van der Waals surface area contributed by atoms with Crippen molar-refractivity contribution < 1.29 is 5.11 Å². The van der Waals surface area contributed by atoms with Crippen LogP contribution in [-0.2, 0) is 13.0 Å². The number of aryl methyl sites for hydroxylation is 1. The summed E-state index contributed by atoms with van der Waals surface area (Å²) in [4.78, 5) is 12.9. The maximum Gasteiger partial charge on any atom is 0.264 e. The van der Waals surface area contributed by atoms with E-state index in [1.165, 1.54) is 10.1 Å². The summed E-state index contributed by atoms with van der Waals surface area (Å²) in [7, 11) is 0. The third-order valence-electron chi connectivity index (χ3n) is 4.06. The smallest absolute Gasteiger partial charge is 0.264 e. The number of aliphatic hydroxyl groups is 1. The summed E-state index contributed by atoms with van der Waals surface area (Å²) in [6.45, 7) is 1.89. The Morgan fingerprint density at radius 3 is 2.50 bits per heavy atom. The van der Waals surface area contributed by atoms with Crippen LogP contribution in [0.4, 0.5) is 0 Å². The second-order valence-corrected chi connectivity index (χ2v) is 6.36. The Kier molecular flexibility index (Phi) is 4.52. The number of aliphatic hydroxyl groups excluding tert-OH is 1. The van der Waals surface area contributed by atoms with Gasteiger partial charge in [-0.1, -0.05) is 19.1 Å². The third kappa shape index (κ3) is 2.75. The first kappa shape index (κ1) is 16.4. The van der Waals surface area contributed by atoms with Gasteiger partial charge in [-0.05, 0) is 57.7 Å². The molecule has 5 heteroatoms. The number of aromatic nitrogens is 1. The average molecular weight is 383 g/mol. The Balaban J connectivity index is 2.34. The van der Waals surface area contributed by atoms with E-state index in [4.69, 9.17) is 0 Å². The van der Waals surface area contributed by atoms with E-state index in [0.29, 0.717) is 20.8 Å². The number of nitriles is 1. The van der Waals surface area contributed by atoms with Crippen molar-refractivity contribution in [3.63, 3.8) is 0 Å². The van der Waals surface area contributed by atoms with Crippen LogP contribution in [0.25, 0.3) is 16.5 Å². The molecule has 0 atom stereocenters. The van der Waals surface area contributed by atoms with Crippen LogP contribution in [0.2, 0.25) is 0 Å². The lowest BCUT2D eigenvalue weighted by Crippen LogP contribution is -2.19. The Labute approximate surface area is 147 Å². The average Bonchev–Trinajstić information content (AvgIpc) is 2.63. The molecule has 120 valence electrons. The molecule has 0 radical (unpaired) electrons. The fourth-order valence-electron chi connectivity index (χ4n) is 2.75. The number of benzene rings is 2. The van der Waals surface area contributed by atoms with E-state index >= 15 is 0 Å². The number of fused-ring (bicyclic) bond motifs is 1. The molecular formula is C19H15BrN2O2. The minimum absolute atomic E-state index is 0.182. The molecule has 24 heavy (non-hydrogen) atoms. The predicted molar refractivity (Wildman–Crippen MR) is 97.3 cm³/mol. The van der Waals surface area contributed by atoms with Crippen LogP contribution >= 0.6 is 15.9 Å². The van der Waals surface area contributed by atoms with Crippen LogP contribution in [-0.4, -0.2) is 9.67 Å². The highest BCUT2D eigenvalue weighted by molar-refractivity contribution is 9.10. The van der Waals surface area contributed by atoms with Gasteiger partial charge in [0.05, 0.1) is 23.6 Å². The first-order chi connectivity index (χ1) is 11.6. The van der Waals surface area contributed by atoms with E-state index in [1.807, 2.05) is 24.3 Å². The zero-order valence-corrected chi connectivity index (χ0v) is 14.7. The molecule has 0 aliphatic rings. The largest absolute Gasteiger partial charge is 0.392 e. The second-order valence-electron chi connectivity index (χ2n) is 5.51. The number of halogens is 1. The Morgan fingerprint density at radius 2 is 1.92 bits per heavy atom. The number of hydrogen-bond donors (Lipinski definition) is 1. The molecule has 1 aromatic heterocycles. The highest BCUT2D eigenvalue weighted by atomic mass is 79.9. The van der Waals surface area contributed by atoms with Gasteiger partial charge >= 0.3 is 0 Å². The zero-order valence-electron chi connectivity index (χ0n) is 13.1. The molecule has 0 aliphatic carbocycles. The normalized spacial score (nSPS) is 10.8. The van der Waals surface area contributed by atoms with Crippen molar-refractivity contribution in [2.24, 2.45) is 0 Å². The van der Waals surface area contributed by atoms with E-state index in [-0.39, 0.29) is 17.7 Å². The minimum atomic E-state index is -0.251. The van der Waals surface area contributed by atoms with E-state index < -0.39 is 0 Å².